The lowest BCUT2D eigenvalue weighted by Gasteiger charge is -2.27. The van der Waals surface area contributed by atoms with Gasteiger partial charge in [0.05, 0.1) is 18.8 Å². The first-order valence-corrected chi connectivity index (χ1v) is 5.18. The fraction of sp³-hybridized carbons (Fsp3) is 0.364. The van der Waals surface area contributed by atoms with Crippen molar-refractivity contribution >= 4 is 11.7 Å². The summed E-state index contributed by atoms with van der Waals surface area (Å²) in [6, 6.07) is 6.70. The van der Waals surface area contributed by atoms with Gasteiger partial charge in [0.2, 0.25) is 0 Å². The maximum Gasteiger partial charge on any atom is 0.335 e. The minimum absolute atomic E-state index is 0.299. The summed E-state index contributed by atoms with van der Waals surface area (Å²) in [5, 5.41) is 10.8. The third-order valence-electron chi connectivity index (χ3n) is 2.43. The summed E-state index contributed by atoms with van der Waals surface area (Å²) in [6.07, 6.45) is 0. The number of nitrogens with one attached hydrogen (secondary N) is 1. The molecule has 1 fully saturated rings. The van der Waals surface area contributed by atoms with Crippen LogP contribution in [-0.4, -0.2) is 42.4 Å². The first-order chi connectivity index (χ1) is 7.75. The Hall–Kier alpha value is -1.59. The number of aromatic carboxylic acids is 1. The predicted molar refractivity (Wildman–Crippen MR) is 59.4 cm³/mol. The third kappa shape index (κ3) is 2.71. The van der Waals surface area contributed by atoms with Gasteiger partial charge in [0.25, 0.3) is 0 Å². The molecule has 16 heavy (non-hydrogen) atoms. The average Bonchev–Trinajstić information content (AvgIpc) is 2.31. The van der Waals surface area contributed by atoms with E-state index in [2.05, 4.69) is 10.4 Å². The van der Waals surface area contributed by atoms with Crippen LogP contribution in [0, 0.1) is 0 Å². The van der Waals surface area contributed by atoms with Crippen LogP contribution in [0.25, 0.3) is 0 Å². The van der Waals surface area contributed by atoms with Crippen LogP contribution in [-0.2, 0) is 4.74 Å². The van der Waals surface area contributed by atoms with Crippen LogP contribution in [0.1, 0.15) is 10.4 Å². The molecule has 0 saturated carbocycles. The molecule has 0 unspecified atom stereocenters. The summed E-state index contributed by atoms with van der Waals surface area (Å²) in [7, 11) is 0. The molecule has 1 saturated heterocycles. The van der Waals surface area contributed by atoms with Crippen LogP contribution < -0.4 is 5.43 Å². The number of nitrogens with zero attached hydrogens (tertiary/aromatic N) is 1. The van der Waals surface area contributed by atoms with Gasteiger partial charge in [-0.15, -0.1) is 0 Å². The quantitative estimate of drug-likeness (QED) is 0.800. The van der Waals surface area contributed by atoms with Crippen molar-refractivity contribution in [2.75, 3.05) is 31.7 Å². The zero-order valence-corrected chi connectivity index (χ0v) is 8.85. The highest BCUT2D eigenvalue weighted by Crippen LogP contribution is 2.11. The normalized spacial score (nSPS) is 17.0. The molecule has 5 heteroatoms. The first-order valence-electron chi connectivity index (χ1n) is 5.18. The monoisotopic (exact) mass is 222 g/mol. The van der Waals surface area contributed by atoms with Gasteiger partial charge in [0, 0.05) is 18.8 Å². The van der Waals surface area contributed by atoms with Gasteiger partial charge in [0.15, 0.2) is 0 Å². The van der Waals surface area contributed by atoms with Crippen molar-refractivity contribution in [1.82, 2.24) is 5.01 Å². The Labute approximate surface area is 93.6 Å². The number of carbonyl (C=O) groups is 1. The lowest BCUT2D eigenvalue weighted by molar-refractivity contribution is 0.0497. The minimum atomic E-state index is -0.905. The second-order valence-corrected chi connectivity index (χ2v) is 3.59. The van der Waals surface area contributed by atoms with E-state index in [1.165, 1.54) is 0 Å². The van der Waals surface area contributed by atoms with Gasteiger partial charge in [-0.3, -0.25) is 0 Å². The summed E-state index contributed by atoms with van der Waals surface area (Å²) in [5.41, 5.74) is 4.40. The average molecular weight is 222 g/mol. The van der Waals surface area contributed by atoms with E-state index in [0.717, 1.165) is 32.0 Å². The smallest absolute Gasteiger partial charge is 0.335 e. The number of carboxylic acids is 1. The van der Waals surface area contributed by atoms with Crippen molar-refractivity contribution in [3.05, 3.63) is 29.8 Å². The highest BCUT2D eigenvalue weighted by Gasteiger charge is 2.10. The second kappa shape index (κ2) is 4.96. The van der Waals surface area contributed by atoms with Gasteiger partial charge < -0.3 is 15.3 Å². The summed E-state index contributed by atoms with van der Waals surface area (Å²) in [5.74, 6) is -0.905. The van der Waals surface area contributed by atoms with Gasteiger partial charge in [-0.05, 0) is 24.3 Å². The molecular weight excluding hydrogens is 208 g/mol. The number of hydrazine groups is 1. The molecule has 5 nitrogen and oxygen atoms in total. The van der Waals surface area contributed by atoms with E-state index in [1.807, 2.05) is 0 Å². The standard InChI is InChI=1S/C11H14N2O3/c14-11(15)9-1-3-10(4-2-9)12-13-5-7-16-8-6-13/h1-4,12H,5-8H2,(H,14,15). The minimum Gasteiger partial charge on any atom is -0.478 e. The predicted octanol–water partition coefficient (Wildman–Crippen LogP) is 1.04. The Morgan fingerprint density at radius 2 is 1.88 bits per heavy atom. The molecule has 0 aromatic heterocycles. The van der Waals surface area contributed by atoms with Crippen molar-refractivity contribution in [2.24, 2.45) is 0 Å². The Morgan fingerprint density at radius 3 is 2.44 bits per heavy atom. The number of carboxylic acid groups (broad SMARTS) is 1. The Morgan fingerprint density at radius 1 is 1.25 bits per heavy atom. The topological polar surface area (TPSA) is 61.8 Å². The second-order valence-electron chi connectivity index (χ2n) is 3.59. The van der Waals surface area contributed by atoms with Crippen molar-refractivity contribution in [3.8, 4) is 0 Å². The Balaban J connectivity index is 1.96. The van der Waals surface area contributed by atoms with E-state index in [9.17, 15) is 4.79 Å². The molecule has 0 atom stereocenters. The van der Waals surface area contributed by atoms with E-state index < -0.39 is 5.97 Å². The van der Waals surface area contributed by atoms with Gasteiger partial charge in [0.1, 0.15) is 0 Å². The maximum atomic E-state index is 10.7. The van der Waals surface area contributed by atoms with Crippen molar-refractivity contribution in [3.63, 3.8) is 0 Å². The molecule has 1 aromatic carbocycles. The fourth-order valence-corrected chi connectivity index (χ4v) is 1.55. The van der Waals surface area contributed by atoms with E-state index in [1.54, 1.807) is 24.3 Å². The number of hydrogen-bond donors (Lipinski definition) is 2. The molecule has 0 radical (unpaired) electrons. The van der Waals surface area contributed by atoms with E-state index in [4.69, 9.17) is 9.84 Å². The zero-order chi connectivity index (χ0) is 11.4. The van der Waals surface area contributed by atoms with Gasteiger partial charge in [-0.1, -0.05) is 0 Å². The number of hydrogen-bond acceptors (Lipinski definition) is 4. The van der Waals surface area contributed by atoms with Crippen LogP contribution in [0.5, 0.6) is 0 Å². The number of rotatable bonds is 3. The molecule has 0 aliphatic carbocycles. The van der Waals surface area contributed by atoms with Crippen LogP contribution in [0.3, 0.4) is 0 Å². The fourth-order valence-electron chi connectivity index (χ4n) is 1.55. The molecule has 2 rings (SSSR count). The summed E-state index contributed by atoms with van der Waals surface area (Å²) >= 11 is 0. The summed E-state index contributed by atoms with van der Waals surface area (Å²) < 4.78 is 5.23. The van der Waals surface area contributed by atoms with Crippen molar-refractivity contribution < 1.29 is 14.6 Å². The van der Waals surface area contributed by atoms with Crippen molar-refractivity contribution in [2.45, 2.75) is 0 Å². The summed E-state index contributed by atoms with van der Waals surface area (Å²) in [4.78, 5) is 10.7. The molecule has 1 heterocycles. The van der Waals surface area contributed by atoms with Crippen LogP contribution in [0.4, 0.5) is 5.69 Å². The van der Waals surface area contributed by atoms with Gasteiger partial charge in [-0.25, -0.2) is 9.80 Å². The van der Waals surface area contributed by atoms with E-state index in [-0.39, 0.29) is 0 Å². The molecule has 86 valence electrons. The molecule has 1 aliphatic rings. The lowest BCUT2D eigenvalue weighted by Crippen LogP contribution is -2.40. The summed E-state index contributed by atoms with van der Waals surface area (Å²) in [6.45, 7) is 3.11. The number of anilines is 1. The number of morpholine rings is 1. The third-order valence-corrected chi connectivity index (χ3v) is 2.43. The maximum absolute atomic E-state index is 10.7. The molecule has 0 amide bonds. The number of ether oxygens (including phenoxy) is 1. The molecule has 1 aromatic rings. The molecular formula is C11H14N2O3. The van der Waals surface area contributed by atoms with Crippen molar-refractivity contribution in [1.29, 1.82) is 0 Å². The Bertz CT molecular complexity index is 358. The van der Waals surface area contributed by atoms with Gasteiger partial charge >= 0.3 is 5.97 Å². The lowest BCUT2D eigenvalue weighted by atomic mass is 10.2. The first kappa shape index (κ1) is 10.9. The van der Waals surface area contributed by atoms with E-state index >= 15 is 0 Å². The Kier molecular flexibility index (Phi) is 3.38. The molecule has 2 N–H and O–H groups in total. The molecule has 0 bridgehead atoms. The van der Waals surface area contributed by atoms with Crippen LogP contribution in [0.15, 0.2) is 24.3 Å². The van der Waals surface area contributed by atoms with Crippen LogP contribution in [0.2, 0.25) is 0 Å². The SMILES string of the molecule is O=C(O)c1ccc(NN2CCOCC2)cc1. The van der Waals surface area contributed by atoms with E-state index in [0.29, 0.717) is 5.56 Å². The highest BCUT2D eigenvalue weighted by molar-refractivity contribution is 5.87. The zero-order valence-electron chi connectivity index (χ0n) is 8.85. The van der Waals surface area contributed by atoms with Crippen LogP contribution >= 0.6 is 0 Å². The number of benzene rings is 1. The molecule has 0 spiro atoms. The van der Waals surface area contributed by atoms with Gasteiger partial charge in [-0.2, -0.15) is 0 Å². The molecule has 1 aliphatic heterocycles. The largest absolute Gasteiger partial charge is 0.478 e. The highest BCUT2D eigenvalue weighted by atomic mass is 16.5.